The lowest BCUT2D eigenvalue weighted by molar-refractivity contribution is 0.0543. The van der Waals surface area contributed by atoms with Crippen LogP contribution in [-0.4, -0.2) is 47.6 Å². The van der Waals surface area contributed by atoms with Crippen molar-refractivity contribution in [2.24, 2.45) is 5.41 Å². The Balaban J connectivity index is 1.49. The van der Waals surface area contributed by atoms with Gasteiger partial charge in [-0.15, -0.1) is 0 Å². The molecule has 4 heteroatoms. The van der Waals surface area contributed by atoms with Gasteiger partial charge in [0.15, 0.2) is 0 Å². The van der Waals surface area contributed by atoms with Crippen molar-refractivity contribution in [1.29, 1.82) is 0 Å². The predicted molar refractivity (Wildman–Crippen MR) is 107 cm³/mol. The van der Waals surface area contributed by atoms with E-state index in [1.54, 1.807) is 6.33 Å². The number of benzene rings is 1. The van der Waals surface area contributed by atoms with Gasteiger partial charge in [-0.2, -0.15) is 0 Å². The van der Waals surface area contributed by atoms with Crippen molar-refractivity contribution < 1.29 is 0 Å². The first-order chi connectivity index (χ1) is 12.7. The van der Waals surface area contributed by atoms with E-state index in [0.717, 1.165) is 31.1 Å². The summed E-state index contributed by atoms with van der Waals surface area (Å²) in [6.07, 6.45) is 5.54. The molecule has 1 aromatic carbocycles. The number of anilines is 1. The number of hydrogen-bond donors (Lipinski definition) is 0. The van der Waals surface area contributed by atoms with Crippen LogP contribution < -0.4 is 4.90 Å². The zero-order chi connectivity index (χ0) is 18.0. The Morgan fingerprint density at radius 3 is 2.58 bits per heavy atom. The summed E-state index contributed by atoms with van der Waals surface area (Å²) in [7, 11) is 0. The average Bonchev–Trinajstić information content (AvgIpc) is 2.69. The Morgan fingerprint density at radius 1 is 1.12 bits per heavy atom. The van der Waals surface area contributed by atoms with Gasteiger partial charge < -0.3 is 9.80 Å². The molecule has 4 nitrogen and oxygen atoms in total. The second kappa shape index (κ2) is 7.36. The third-order valence-electron chi connectivity index (χ3n) is 6.37. The topological polar surface area (TPSA) is 32.3 Å². The molecule has 0 N–H and O–H groups in total. The minimum absolute atomic E-state index is 0.452. The van der Waals surface area contributed by atoms with E-state index in [-0.39, 0.29) is 0 Å². The summed E-state index contributed by atoms with van der Waals surface area (Å²) in [6, 6.07) is 13.2. The smallest absolute Gasteiger partial charge is 0.132 e. The van der Waals surface area contributed by atoms with Crippen LogP contribution in [0.3, 0.4) is 0 Å². The highest BCUT2D eigenvalue weighted by Gasteiger charge is 2.42. The maximum absolute atomic E-state index is 4.49. The molecule has 1 atom stereocenters. The molecule has 2 aromatic rings. The average molecular weight is 351 g/mol. The van der Waals surface area contributed by atoms with Gasteiger partial charge in [0, 0.05) is 37.9 Å². The van der Waals surface area contributed by atoms with Crippen molar-refractivity contribution in [1.82, 2.24) is 14.9 Å². The molecule has 3 heterocycles. The van der Waals surface area contributed by atoms with Gasteiger partial charge in [-0.1, -0.05) is 37.3 Å². The Hall–Kier alpha value is -1.94. The van der Waals surface area contributed by atoms with Gasteiger partial charge in [0.2, 0.25) is 0 Å². The summed E-state index contributed by atoms with van der Waals surface area (Å²) in [6.45, 7) is 10.2. The summed E-state index contributed by atoms with van der Waals surface area (Å²) in [5.41, 5.74) is 3.01. The van der Waals surface area contributed by atoms with E-state index in [0.29, 0.717) is 11.3 Å². The van der Waals surface area contributed by atoms with Gasteiger partial charge in [-0.25, -0.2) is 9.97 Å². The van der Waals surface area contributed by atoms with E-state index in [9.17, 15) is 0 Å². The summed E-state index contributed by atoms with van der Waals surface area (Å²) < 4.78 is 0. The molecule has 2 fully saturated rings. The molecule has 138 valence electrons. The molecule has 1 spiro atoms. The first kappa shape index (κ1) is 17.5. The fourth-order valence-corrected chi connectivity index (χ4v) is 4.88. The number of piperidine rings is 2. The highest BCUT2D eigenvalue weighted by atomic mass is 15.2. The van der Waals surface area contributed by atoms with E-state index >= 15 is 0 Å². The Labute approximate surface area is 157 Å². The van der Waals surface area contributed by atoms with E-state index in [1.165, 1.54) is 37.9 Å². The van der Waals surface area contributed by atoms with E-state index in [2.05, 4.69) is 63.1 Å². The molecule has 2 saturated heterocycles. The van der Waals surface area contributed by atoms with E-state index in [4.69, 9.17) is 0 Å². The van der Waals surface area contributed by atoms with Crippen molar-refractivity contribution in [2.75, 3.05) is 37.6 Å². The predicted octanol–water partition coefficient (Wildman–Crippen LogP) is 3.88. The summed E-state index contributed by atoms with van der Waals surface area (Å²) in [4.78, 5) is 13.9. The van der Waals surface area contributed by atoms with Crippen LogP contribution in [0.5, 0.6) is 0 Å². The van der Waals surface area contributed by atoms with Gasteiger partial charge in [0.05, 0.1) is 0 Å². The Kier molecular flexibility index (Phi) is 4.94. The molecular formula is C22H30N4. The SMILES string of the molecule is CCN1C[C@H](c2ccccc2)CC2(CCN(c3cc(C)ncn3)CC2)C1. The van der Waals surface area contributed by atoms with Gasteiger partial charge in [-0.3, -0.25) is 0 Å². The third kappa shape index (κ3) is 3.61. The fourth-order valence-electron chi connectivity index (χ4n) is 4.88. The van der Waals surface area contributed by atoms with Crippen LogP contribution >= 0.6 is 0 Å². The van der Waals surface area contributed by atoms with Crippen molar-refractivity contribution in [3.8, 4) is 0 Å². The van der Waals surface area contributed by atoms with Gasteiger partial charge in [0.1, 0.15) is 12.1 Å². The van der Waals surface area contributed by atoms with Gasteiger partial charge >= 0.3 is 0 Å². The molecule has 0 radical (unpaired) electrons. The summed E-state index contributed by atoms with van der Waals surface area (Å²) >= 11 is 0. The maximum Gasteiger partial charge on any atom is 0.132 e. The molecule has 0 bridgehead atoms. The monoisotopic (exact) mass is 350 g/mol. The van der Waals surface area contributed by atoms with Gasteiger partial charge in [0.25, 0.3) is 0 Å². The molecule has 2 aliphatic rings. The zero-order valence-electron chi connectivity index (χ0n) is 16.1. The highest BCUT2D eigenvalue weighted by Crippen LogP contribution is 2.45. The fraction of sp³-hybridized carbons (Fsp3) is 0.545. The molecule has 26 heavy (non-hydrogen) atoms. The Morgan fingerprint density at radius 2 is 1.88 bits per heavy atom. The zero-order valence-corrected chi connectivity index (χ0v) is 16.1. The van der Waals surface area contributed by atoms with Crippen molar-refractivity contribution in [3.63, 3.8) is 0 Å². The van der Waals surface area contributed by atoms with Crippen LogP contribution in [0.1, 0.15) is 43.4 Å². The van der Waals surface area contributed by atoms with E-state index < -0.39 is 0 Å². The lowest BCUT2D eigenvalue weighted by Crippen LogP contribution is -2.51. The summed E-state index contributed by atoms with van der Waals surface area (Å²) in [5.74, 6) is 1.76. The molecule has 2 aliphatic heterocycles. The van der Waals surface area contributed by atoms with Crippen molar-refractivity contribution >= 4 is 5.82 Å². The first-order valence-corrected chi connectivity index (χ1v) is 9.98. The number of hydrogen-bond acceptors (Lipinski definition) is 4. The maximum atomic E-state index is 4.49. The Bertz CT molecular complexity index is 722. The van der Waals surface area contributed by atoms with Crippen LogP contribution in [0, 0.1) is 12.3 Å². The normalized spacial score (nSPS) is 23.3. The van der Waals surface area contributed by atoms with Crippen LogP contribution in [0.25, 0.3) is 0 Å². The number of likely N-dealkylation sites (N-methyl/N-ethyl adjacent to an activating group) is 1. The molecule has 4 rings (SSSR count). The second-order valence-corrected chi connectivity index (χ2v) is 8.14. The minimum atomic E-state index is 0.452. The third-order valence-corrected chi connectivity index (χ3v) is 6.37. The van der Waals surface area contributed by atoms with Crippen LogP contribution in [0.15, 0.2) is 42.7 Å². The molecular weight excluding hydrogens is 320 g/mol. The lowest BCUT2D eigenvalue weighted by Gasteiger charge is -2.50. The first-order valence-electron chi connectivity index (χ1n) is 9.98. The standard InChI is InChI=1S/C22H30N4/c1-3-25-15-20(19-7-5-4-6-8-19)14-22(16-25)9-11-26(12-10-22)21-13-18(2)23-17-24-21/h4-8,13,17,20H,3,9-12,14-16H2,1-2H3/t20-/m1/s1. The highest BCUT2D eigenvalue weighted by molar-refractivity contribution is 5.39. The number of rotatable bonds is 3. The molecule has 0 saturated carbocycles. The molecule has 1 aromatic heterocycles. The molecule has 0 unspecified atom stereocenters. The number of aromatic nitrogens is 2. The molecule has 0 amide bonds. The van der Waals surface area contributed by atoms with Crippen LogP contribution in [0.4, 0.5) is 5.82 Å². The number of likely N-dealkylation sites (tertiary alicyclic amines) is 1. The van der Waals surface area contributed by atoms with Crippen molar-refractivity contribution in [3.05, 3.63) is 54.0 Å². The quantitative estimate of drug-likeness (QED) is 0.841. The van der Waals surface area contributed by atoms with Crippen LogP contribution in [0.2, 0.25) is 0 Å². The number of aryl methyl sites for hydroxylation is 1. The van der Waals surface area contributed by atoms with Crippen molar-refractivity contribution in [2.45, 2.75) is 39.0 Å². The number of nitrogens with zero attached hydrogens (tertiary/aromatic N) is 4. The van der Waals surface area contributed by atoms with Gasteiger partial charge in [-0.05, 0) is 49.6 Å². The largest absolute Gasteiger partial charge is 0.356 e. The summed E-state index contributed by atoms with van der Waals surface area (Å²) in [5, 5.41) is 0. The lowest BCUT2D eigenvalue weighted by atomic mass is 9.68. The van der Waals surface area contributed by atoms with E-state index in [1.807, 2.05) is 6.92 Å². The second-order valence-electron chi connectivity index (χ2n) is 8.14. The molecule has 0 aliphatic carbocycles. The minimum Gasteiger partial charge on any atom is -0.356 e. The van der Waals surface area contributed by atoms with Crippen LogP contribution in [-0.2, 0) is 0 Å².